The number of hydrogen-bond donors (Lipinski definition) is 2. The zero-order chi connectivity index (χ0) is 15.2. The molecule has 7 heteroatoms. The summed E-state index contributed by atoms with van der Waals surface area (Å²) in [6.45, 7) is 2.77. The highest BCUT2D eigenvalue weighted by atomic mass is 16.6. The van der Waals surface area contributed by atoms with Gasteiger partial charge in [0.15, 0.2) is 0 Å². The Labute approximate surface area is 124 Å². The number of pyridine rings is 1. The van der Waals surface area contributed by atoms with Gasteiger partial charge < -0.3 is 15.4 Å². The molecule has 1 aromatic rings. The molecule has 2 N–H and O–H groups in total. The van der Waals surface area contributed by atoms with Crippen LogP contribution in [0.3, 0.4) is 0 Å². The summed E-state index contributed by atoms with van der Waals surface area (Å²) < 4.78 is 5.43. The molecule has 116 valence electrons. The molecular weight excluding hydrogens is 272 g/mol. The van der Waals surface area contributed by atoms with Gasteiger partial charge >= 0.3 is 0 Å². The van der Waals surface area contributed by atoms with E-state index in [0.29, 0.717) is 11.6 Å². The van der Waals surface area contributed by atoms with Crippen molar-refractivity contribution in [2.45, 2.75) is 44.8 Å². The standard InChI is InChI=1S/C14H22N4O3/c1-3-7-15-13-8-10(18(19)20)9-14(17-13)16-11-5-4-6-12(11)21-2/h8-9,11-12H,3-7H2,1-2H3,(H2,15,16,17). The Morgan fingerprint density at radius 1 is 1.43 bits per heavy atom. The second kappa shape index (κ2) is 7.21. The van der Waals surface area contributed by atoms with Crippen LogP contribution in [-0.4, -0.2) is 35.7 Å². The van der Waals surface area contributed by atoms with Gasteiger partial charge in [0.05, 0.1) is 29.2 Å². The molecule has 0 spiro atoms. The minimum absolute atomic E-state index is 0.0399. The predicted octanol–water partition coefficient (Wildman–Crippen LogP) is 2.79. The van der Waals surface area contributed by atoms with Crippen LogP contribution >= 0.6 is 0 Å². The van der Waals surface area contributed by atoms with Crippen LogP contribution in [0.5, 0.6) is 0 Å². The van der Waals surface area contributed by atoms with Crippen LogP contribution in [0.1, 0.15) is 32.6 Å². The Balaban J connectivity index is 2.16. The molecule has 0 amide bonds. The van der Waals surface area contributed by atoms with Gasteiger partial charge in [-0.2, -0.15) is 0 Å². The summed E-state index contributed by atoms with van der Waals surface area (Å²) in [4.78, 5) is 15.0. The summed E-state index contributed by atoms with van der Waals surface area (Å²) in [7, 11) is 1.69. The Kier molecular flexibility index (Phi) is 5.32. The summed E-state index contributed by atoms with van der Waals surface area (Å²) in [5, 5.41) is 17.4. The smallest absolute Gasteiger partial charge is 0.276 e. The van der Waals surface area contributed by atoms with Crippen LogP contribution in [0.25, 0.3) is 0 Å². The molecule has 2 unspecified atom stereocenters. The monoisotopic (exact) mass is 294 g/mol. The van der Waals surface area contributed by atoms with E-state index < -0.39 is 4.92 Å². The summed E-state index contributed by atoms with van der Waals surface area (Å²) >= 11 is 0. The zero-order valence-corrected chi connectivity index (χ0v) is 12.5. The van der Waals surface area contributed by atoms with E-state index in [0.717, 1.165) is 32.2 Å². The third-order valence-corrected chi connectivity index (χ3v) is 3.67. The zero-order valence-electron chi connectivity index (χ0n) is 12.5. The molecule has 1 aliphatic carbocycles. The number of anilines is 2. The maximum absolute atomic E-state index is 11.0. The van der Waals surface area contributed by atoms with Gasteiger partial charge in [-0.3, -0.25) is 10.1 Å². The molecule has 1 aromatic heterocycles. The van der Waals surface area contributed by atoms with E-state index in [1.165, 1.54) is 12.1 Å². The fourth-order valence-electron chi connectivity index (χ4n) is 2.60. The lowest BCUT2D eigenvalue weighted by atomic mass is 10.2. The lowest BCUT2D eigenvalue weighted by Crippen LogP contribution is -2.30. The number of nitrogens with one attached hydrogen (secondary N) is 2. The lowest BCUT2D eigenvalue weighted by Gasteiger charge is -2.20. The first kappa shape index (κ1) is 15.5. The molecular formula is C14H22N4O3. The van der Waals surface area contributed by atoms with Crippen molar-refractivity contribution in [2.75, 3.05) is 24.3 Å². The van der Waals surface area contributed by atoms with E-state index >= 15 is 0 Å². The van der Waals surface area contributed by atoms with Gasteiger partial charge in [-0.15, -0.1) is 0 Å². The molecule has 21 heavy (non-hydrogen) atoms. The summed E-state index contributed by atoms with van der Waals surface area (Å²) in [6.07, 6.45) is 4.15. The largest absolute Gasteiger partial charge is 0.379 e. The quantitative estimate of drug-likeness (QED) is 0.593. The lowest BCUT2D eigenvalue weighted by molar-refractivity contribution is -0.384. The van der Waals surface area contributed by atoms with Crippen molar-refractivity contribution in [3.05, 3.63) is 22.2 Å². The topological polar surface area (TPSA) is 89.3 Å². The number of rotatable bonds is 7. The molecule has 1 aliphatic rings. The number of nitrogens with zero attached hydrogens (tertiary/aromatic N) is 2. The van der Waals surface area contributed by atoms with Gasteiger partial charge in [0.1, 0.15) is 11.6 Å². The van der Waals surface area contributed by atoms with E-state index in [-0.39, 0.29) is 17.8 Å². The maximum atomic E-state index is 11.0. The van der Waals surface area contributed by atoms with Crippen molar-refractivity contribution < 1.29 is 9.66 Å². The van der Waals surface area contributed by atoms with E-state index in [1.54, 1.807) is 7.11 Å². The molecule has 1 fully saturated rings. The van der Waals surface area contributed by atoms with Gasteiger partial charge in [-0.1, -0.05) is 6.92 Å². The van der Waals surface area contributed by atoms with Gasteiger partial charge in [-0.25, -0.2) is 4.98 Å². The van der Waals surface area contributed by atoms with E-state index in [4.69, 9.17) is 4.74 Å². The highest BCUT2D eigenvalue weighted by Gasteiger charge is 2.27. The fraction of sp³-hybridized carbons (Fsp3) is 0.643. The maximum Gasteiger partial charge on any atom is 0.276 e. The van der Waals surface area contributed by atoms with Gasteiger partial charge in [0.25, 0.3) is 5.69 Å². The molecule has 0 aliphatic heterocycles. The van der Waals surface area contributed by atoms with Crippen molar-refractivity contribution in [3.63, 3.8) is 0 Å². The molecule has 0 saturated heterocycles. The molecule has 2 atom stereocenters. The summed E-state index contributed by atoms with van der Waals surface area (Å²) in [5.41, 5.74) is 0.0399. The van der Waals surface area contributed by atoms with Gasteiger partial charge in [0.2, 0.25) is 0 Å². The highest BCUT2D eigenvalue weighted by molar-refractivity contribution is 5.55. The Morgan fingerprint density at radius 3 is 2.86 bits per heavy atom. The third kappa shape index (κ3) is 4.04. The highest BCUT2D eigenvalue weighted by Crippen LogP contribution is 2.27. The van der Waals surface area contributed by atoms with Crippen LogP contribution in [0, 0.1) is 10.1 Å². The minimum atomic E-state index is -0.396. The van der Waals surface area contributed by atoms with Gasteiger partial charge in [-0.05, 0) is 25.7 Å². The van der Waals surface area contributed by atoms with Crippen molar-refractivity contribution in [3.8, 4) is 0 Å². The van der Waals surface area contributed by atoms with Crippen LogP contribution in [0.4, 0.5) is 17.3 Å². The molecule has 0 bridgehead atoms. The van der Waals surface area contributed by atoms with E-state index in [9.17, 15) is 10.1 Å². The Hall–Kier alpha value is -1.89. The molecule has 0 radical (unpaired) electrons. The number of aromatic nitrogens is 1. The van der Waals surface area contributed by atoms with Gasteiger partial charge in [0, 0.05) is 13.7 Å². The van der Waals surface area contributed by atoms with Crippen molar-refractivity contribution >= 4 is 17.3 Å². The number of methoxy groups -OCH3 is 1. The molecule has 0 aromatic carbocycles. The third-order valence-electron chi connectivity index (χ3n) is 3.67. The first-order chi connectivity index (χ1) is 10.1. The average molecular weight is 294 g/mol. The normalized spacial score (nSPS) is 21.2. The Bertz CT molecular complexity index is 495. The molecule has 2 rings (SSSR count). The second-order valence-electron chi connectivity index (χ2n) is 5.24. The molecule has 1 heterocycles. The number of hydrogen-bond acceptors (Lipinski definition) is 6. The number of nitro groups is 1. The minimum Gasteiger partial charge on any atom is -0.379 e. The first-order valence-corrected chi connectivity index (χ1v) is 7.33. The molecule has 7 nitrogen and oxygen atoms in total. The van der Waals surface area contributed by atoms with Crippen LogP contribution < -0.4 is 10.6 Å². The van der Waals surface area contributed by atoms with E-state index in [1.807, 2.05) is 6.92 Å². The summed E-state index contributed by atoms with van der Waals surface area (Å²) in [6, 6.07) is 3.09. The van der Waals surface area contributed by atoms with Crippen molar-refractivity contribution in [1.82, 2.24) is 4.98 Å². The fourth-order valence-corrected chi connectivity index (χ4v) is 2.60. The average Bonchev–Trinajstić information content (AvgIpc) is 2.92. The molecule has 1 saturated carbocycles. The van der Waals surface area contributed by atoms with Crippen molar-refractivity contribution in [1.29, 1.82) is 0 Å². The van der Waals surface area contributed by atoms with Crippen LogP contribution in [0.15, 0.2) is 12.1 Å². The second-order valence-corrected chi connectivity index (χ2v) is 5.24. The SMILES string of the molecule is CCCNc1cc([N+](=O)[O-])cc(NC2CCCC2OC)n1. The van der Waals surface area contributed by atoms with Crippen LogP contribution in [-0.2, 0) is 4.74 Å². The summed E-state index contributed by atoms with van der Waals surface area (Å²) in [5.74, 6) is 1.05. The van der Waals surface area contributed by atoms with Crippen molar-refractivity contribution in [2.24, 2.45) is 0 Å². The van der Waals surface area contributed by atoms with E-state index in [2.05, 4.69) is 15.6 Å². The first-order valence-electron chi connectivity index (χ1n) is 7.33. The number of ether oxygens (including phenoxy) is 1. The Morgan fingerprint density at radius 2 is 2.19 bits per heavy atom. The predicted molar refractivity (Wildman–Crippen MR) is 81.7 cm³/mol. The van der Waals surface area contributed by atoms with Crippen LogP contribution in [0.2, 0.25) is 0 Å².